The second-order valence-corrected chi connectivity index (χ2v) is 9.08. The van der Waals surface area contributed by atoms with Gasteiger partial charge in [-0.15, -0.1) is 0 Å². The molecule has 4 heteroatoms. The topological polar surface area (TPSA) is 43.9 Å². The van der Waals surface area contributed by atoms with E-state index in [1.165, 1.54) is 21.5 Å². The van der Waals surface area contributed by atoms with Gasteiger partial charge >= 0.3 is 0 Å². The number of para-hydroxylation sites is 2. The lowest BCUT2D eigenvalue weighted by atomic mass is 10.1. The van der Waals surface area contributed by atoms with Crippen molar-refractivity contribution in [3.63, 3.8) is 0 Å². The maximum Gasteiger partial charge on any atom is 0.247 e. The van der Waals surface area contributed by atoms with Crippen molar-refractivity contribution in [2.24, 2.45) is 0 Å². The molecule has 0 N–H and O–H groups in total. The summed E-state index contributed by atoms with van der Waals surface area (Å²) < 4.78 is 8.39. The molecule has 3 aromatic heterocycles. The maximum atomic E-state index is 6.14. The minimum Gasteiger partial charge on any atom is -0.436 e. The monoisotopic (exact) mass is 461 g/mol. The molecule has 36 heavy (non-hydrogen) atoms. The number of aromatic nitrogens is 3. The average molecular weight is 462 g/mol. The summed E-state index contributed by atoms with van der Waals surface area (Å²) in [6.45, 7) is 0. The van der Waals surface area contributed by atoms with Crippen molar-refractivity contribution in [1.82, 2.24) is 14.5 Å². The van der Waals surface area contributed by atoms with E-state index in [4.69, 9.17) is 14.4 Å². The van der Waals surface area contributed by atoms with E-state index >= 15 is 0 Å². The number of furan rings is 1. The molecule has 3 heterocycles. The molecule has 0 saturated heterocycles. The van der Waals surface area contributed by atoms with Crippen molar-refractivity contribution < 1.29 is 4.42 Å². The van der Waals surface area contributed by atoms with E-state index in [1.807, 2.05) is 42.5 Å². The van der Waals surface area contributed by atoms with E-state index in [0.29, 0.717) is 5.71 Å². The second kappa shape index (κ2) is 7.27. The first-order valence-electron chi connectivity index (χ1n) is 12.0. The number of rotatable bonds is 2. The second-order valence-electron chi connectivity index (χ2n) is 9.08. The molecule has 0 atom stereocenters. The van der Waals surface area contributed by atoms with Crippen LogP contribution in [0.2, 0.25) is 0 Å². The van der Waals surface area contributed by atoms with Crippen molar-refractivity contribution in [3.05, 3.63) is 115 Å². The number of fused-ring (bicyclic) bond motifs is 7. The fourth-order valence-electron chi connectivity index (χ4n) is 5.34. The number of benzene rings is 5. The molecule has 5 aromatic carbocycles. The number of hydrogen-bond donors (Lipinski definition) is 0. The molecular formula is C32H19N3O. The molecule has 0 radical (unpaired) electrons. The van der Waals surface area contributed by atoms with Crippen molar-refractivity contribution >= 4 is 54.8 Å². The number of hydrogen-bond acceptors (Lipinski definition) is 3. The minimum absolute atomic E-state index is 0.546. The van der Waals surface area contributed by atoms with Gasteiger partial charge in [0.1, 0.15) is 16.8 Å². The zero-order chi connectivity index (χ0) is 23.6. The summed E-state index contributed by atoms with van der Waals surface area (Å²) >= 11 is 0. The lowest BCUT2D eigenvalue weighted by Gasteiger charge is -2.12. The highest BCUT2D eigenvalue weighted by molar-refractivity contribution is 6.14. The van der Waals surface area contributed by atoms with Gasteiger partial charge in [0.2, 0.25) is 5.71 Å². The Bertz CT molecular complexity index is 2100. The van der Waals surface area contributed by atoms with Crippen LogP contribution < -0.4 is 0 Å². The van der Waals surface area contributed by atoms with Crippen LogP contribution in [-0.2, 0) is 0 Å². The van der Waals surface area contributed by atoms with Crippen molar-refractivity contribution in [3.8, 4) is 17.1 Å². The van der Waals surface area contributed by atoms with E-state index in [-0.39, 0.29) is 0 Å². The Labute approximate surface area is 206 Å². The van der Waals surface area contributed by atoms with Crippen LogP contribution in [0.15, 0.2) is 120 Å². The Hall–Kier alpha value is -4.96. The average Bonchev–Trinajstić information content (AvgIpc) is 3.46. The van der Waals surface area contributed by atoms with Gasteiger partial charge in [0, 0.05) is 21.7 Å². The van der Waals surface area contributed by atoms with Crippen LogP contribution in [0.25, 0.3) is 71.9 Å². The van der Waals surface area contributed by atoms with Gasteiger partial charge in [0.05, 0.1) is 11.0 Å². The maximum absolute atomic E-state index is 6.14. The lowest BCUT2D eigenvalue weighted by molar-refractivity contribution is 0.653. The van der Waals surface area contributed by atoms with E-state index in [1.54, 1.807) is 0 Å². The van der Waals surface area contributed by atoms with Gasteiger partial charge in [-0.2, -0.15) is 0 Å². The molecule has 8 aromatic rings. The molecule has 168 valence electrons. The summed E-state index contributed by atoms with van der Waals surface area (Å²) in [5.74, 6) is 0.793. The molecule has 4 nitrogen and oxygen atoms in total. The summed E-state index contributed by atoms with van der Waals surface area (Å²) in [5, 5.41) is 5.77. The predicted molar refractivity (Wildman–Crippen MR) is 147 cm³/mol. The highest BCUT2D eigenvalue weighted by atomic mass is 16.3. The van der Waals surface area contributed by atoms with Crippen LogP contribution in [0.1, 0.15) is 0 Å². The Kier molecular flexibility index (Phi) is 3.91. The molecular weight excluding hydrogens is 442 g/mol. The Morgan fingerprint density at radius 1 is 0.556 bits per heavy atom. The highest BCUT2D eigenvalue weighted by Crippen LogP contribution is 2.38. The van der Waals surface area contributed by atoms with Crippen molar-refractivity contribution in [2.45, 2.75) is 0 Å². The first-order valence-corrected chi connectivity index (χ1v) is 12.0. The highest BCUT2D eigenvalue weighted by Gasteiger charge is 2.21. The van der Waals surface area contributed by atoms with E-state index in [0.717, 1.165) is 44.6 Å². The van der Waals surface area contributed by atoms with E-state index in [9.17, 15) is 0 Å². The summed E-state index contributed by atoms with van der Waals surface area (Å²) in [5.41, 5.74) is 6.09. The first kappa shape index (κ1) is 19.4. The smallest absolute Gasteiger partial charge is 0.247 e. The van der Waals surface area contributed by atoms with Gasteiger partial charge in [-0.05, 0) is 41.1 Å². The lowest BCUT2D eigenvalue weighted by Crippen LogP contribution is -2.03. The van der Waals surface area contributed by atoms with Gasteiger partial charge < -0.3 is 4.42 Å². The first-order chi connectivity index (χ1) is 17.8. The zero-order valence-corrected chi connectivity index (χ0v) is 19.2. The van der Waals surface area contributed by atoms with Crippen molar-refractivity contribution in [2.75, 3.05) is 0 Å². The normalized spacial score (nSPS) is 11.9. The quantitative estimate of drug-likeness (QED) is 0.260. The summed E-state index contributed by atoms with van der Waals surface area (Å²) in [6, 6.07) is 39.8. The third-order valence-corrected chi connectivity index (χ3v) is 6.99. The SMILES string of the molecule is c1ccc(-c2nc3oc4ccccc4c3nc2-n2c3ccccc3c3cc4ccccc4cc32)cc1. The van der Waals surface area contributed by atoms with Crippen LogP contribution >= 0.6 is 0 Å². The minimum atomic E-state index is 0.546. The molecule has 0 aliphatic heterocycles. The fourth-order valence-corrected chi connectivity index (χ4v) is 5.34. The molecule has 0 aliphatic rings. The Balaban J connectivity index is 1.58. The van der Waals surface area contributed by atoms with Crippen LogP contribution in [0.4, 0.5) is 0 Å². The van der Waals surface area contributed by atoms with Crippen LogP contribution in [0, 0.1) is 0 Å². The van der Waals surface area contributed by atoms with E-state index < -0.39 is 0 Å². The largest absolute Gasteiger partial charge is 0.436 e. The number of nitrogens with zero attached hydrogens (tertiary/aromatic N) is 3. The molecule has 0 saturated carbocycles. The molecule has 8 rings (SSSR count). The summed E-state index contributed by atoms with van der Waals surface area (Å²) in [4.78, 5) is 10.3. The van der Waals surface area contributed by atoms with Crippen LogP contribution in [0.3, 0.4) is 0 Å². The Morgan fingerprint density at radius 3 is 2.11 bits per heavy atom. The third-order valence-electron chi connectivity index (χ3n) is 6.99. The third kappa shape index (κ3) is 2.70. The van der Waals surface area contributed by atoms with E-state index in [2.05, 4.69) is 77.4 Å². The van der Waals surface area contributed by atoms with Crippen LogP contribution in [-0.4, -0.2) is 14.5 Å². The Morgan fingerprint density at radius 2 is 1.25 bits per heavy atom. The van der Waals surface area contributed by atoms with Gasteiger partial charge in [-0.25, -0.2) is 9.97 Å². The molecule has 0 bridgehead atoms. The summed E-state index contributed by atoms with van der Waals surface area (Å²) in [7, 11) is 0. The molecule has 0 spiro atoms. The van der Waals surface area contributed by atoms with Gasteiger partial charge in [0.25, 0.3) is 0 Å². The fraction of sp³-hybridized carbons (Fsp3) is 0. The van der Waals surface area contributed by atoms with Crippen LogP contribution in [0.5, 0.6) is 0 Å². The molecule has 0 amide bonds. The zero-order valence-electron chi connectivity index (χ0n) is 19.2. The van der Waals surface area contributed by atoms with Gasteiger partial charge in [0.15, 0.2) is 5.82 Å². The standard InChI is InChI=1S/C32H19N3O/c1-2-10-20(11-3-1)29-31(33-30-24-15-7-9-17-28(24)36-32(30)34-29)35-26-16-8-6-14-23(26)25-18-21-12-4-5-13-22(21)19-27(25)35/h1-19H. The predicted octanol–water partition coefficient (Wildman–Crippen LogP) is 8.29. The summed E-state index contributed by atoms with van der Waals surface area (Å²) in [6.07, 6.45) is 0. The van der Waals surface area contributed by atoms with Crippen molar-refractivity contribution in [1.29, 1.82) is 0 Å². The molecule has 0 unspecified atom stereocenters. The molecule has 0 aliphatic carbocycles. The van der Waals surface area contributed by atoms with Gasteiger partial charge in [-0.1, -0.05) is 84.9 Å². The van der Waals surface area contributed by atoms with Gasteiger partial charge in [-0.3, -0.25) is 4.57 Å². The molecule has 0 fully saturated rings.